The number of alkyl halides is 3. The number of rotatable bonds is 3. The van der Waals surface area contributed by atoms with Gasteiger partial charge in [-0.25, -0.2) is 0 Å². The molecule has 1 fully saturated rings. The Labute approximate surface area is 112 Å². The van der Waals surface area contributed by atoms with Gasteiger partial charge >= 0.3 is 17.3 Å². The quantitative estimate of drug-likeness (QED) is 0.781. The van der Waals surface area contributed by atoms with E-state index in [2.05, 4.69) is 0 Å². The first-order chi connectivity index (χ1) is 9.37. The van der Waals surface area contributed by atoms with E-state index in [0.29, 0.717) is 24.3 Å². The highest BCUT2D eigenvalue weighted by atomic mass is 19.4. The Morgan fingerprint density at radius 2 is 1.85 bits per heavy atom. The predicted octanol–water partition coefficient (Wildman–Crippen LogP) is 0.999. The number of nitrogens with zero attached hydrogens (tertiary/aromatic N) is 2. The van der Waals surface area contributed by atoms with Crippen LogP contribution in [-0.2, 0) is 17.8 Å². The molecule has 0 N–H and O–H groups in total. The van der Waals surface area contributed by atoms with Gasteiger partial charge in [-0.05, 0) is 12.8 Å². The Morgan fingerprint density at radius 1 is 1.20 bits per heavy atom. The lowest BCUT2D eigenvalue weighted by Crippen LogP contribution is -2.43. The fraction of sp³-hybridized carbons (Fsp3) is 0.667. The Hall–Kier alpha value is -1.57. The Balaban J connectivity index is 2.18. The van der Waals surface area contributed by atoms with Crippen molar-refractivity contribution < 1.29 is 17.9 Å². The molecular weight excluding hydrogens is 277 g/mol. The van der Waals surface area contributed by atoms with Crippen LogP contribution in [0.5, 0.6) is 0 Å². The lowest BCUT2D eigenvalue weighted by atomic mass is 10.0. The maximum absolute atomic E-state index is 12.2. The van der Waals surface area contributed by atoms with Gasteiger partial charge in [-0.3, -0.25) is 9.59 Å². The van der Waals surface area contributed by atoms with Crippen LogP contribution in [0.4, 0.5) is 13.2 Å². The van der Waals surface area contributed by atoms with Gasteiger partial charge in [-0.1, -0.05) is 0 Å². The van der Waals surface area contributed by atoms with Crippen LogP contribution in [0.25, 0.3) is 0 Å². The van der Waals surface area contributed by atoms with Crippen molar-refractivity contribution in [3.63, 3.8) is 0 Å². The van der Waals surface area contributed by atoms with Crippen molar-refractivity contribution in [2.24, 2.45) is 5.92 Å². The van der Waals surface area contributed by atoms with Crippen molar-refractivity contribution in [3.05, 3.63) is 33.1 Å². The molecule has 1 aliphatic rings. The first-order valence-electron chi connectivity index (χ1n) is 6.31. The summed E-state index contributed by atoms with van der Waals surface area (Å²) in [5.74, 6) is 0.110. The Bertz CT molecular complexity index is 571. The summed E-state index contributed by atoms with van der Waals surface area (Å²) in [6, 6.07) is 0. The number of halogens is 3. The van der Waals surface area contributed by atoms with Crippen molar-refractivity contribution >= 4 is 0 Å². The monoisotopic (exact) mass is 292 g/mol. The molecule has 1 aromatic heterocycles. The van der Waals surface area contributed by atoms with Crippen LogP contribution in [0.3, 0.4) is 0 Å². The summed E-state index contributed by atoms with van der Waals surface area (Å²) in [5, 5.41) is 0. The molecule has 1 saturated heterocycles. The minimum absolute atomic E-state index is 0.110. The van der Waals surface area contributed by atoms with Gasteiger partial charge in [0.2, 0.25) is 0 Å². The molecule has 1 unspecified atom stereocenters. The van der Waals surface area contributed by atoms with Crippen LogP contribution < -0.4 is 11.1 Å². The van der Waals surface area contributed by atoms with Gasteiger partial charge in [-0.2, -0.15) is 13.2 Å². The van der Waals surface area contributed by atoms with Crippen molar-refractivity contribution in [3.8, 4) is 0 Å². The zero-order valence-corrected chi connectivity index (χ0v) is 10.7. The van der Waals surface area contributed by atoms with E-state index < -0.39 is 23.8 Å². The summed E-state index contributed by atoms with van der Waals surface area (Å²) >= 11 is 0. The number of aromatic nitrogens is 2. The van der Waals surface area contributed by atoms with Crippen LogP contribution in [0.15, 0.2) is 22.0 Å². The molecule has 0 spiro atoms. The van der Waals surface area contributed by atoms with Crippen molar-refractivity contribution in [2.75, 3.05) is 13.2 Å². The van der Waals surface area contributed by atoms with Gasteiger partial charge < -0.3 is 13.9 Å². The van der Waals surface area contributed by atoms with Crippen molar-refractivity contribution in [1.82, 2.24) is 9.13 Å². The third-order valence-electron chi connectivity index (χ3n) is 3.19. The molecule has 2 rings (SSSR count). The molecule has 0 bridgehead atoms. The largest absolute Gasteiger partial charge is 0.406 e. The highest BCUT2D eigenvalue weighted by molar-refractivity contribution is 4.87. The molecule has 0 saturated carbocycles. The van der Waals surface area contributed by atoms with Crippen LogP contribution in [0, 0.1) is 5.92 Å². The van der Waals surface area contributed by atoms with E-state index in [0.717, 1.165) is 23.6 Å². The molecule has 0 amide bonds. The summed E-state index contributed by atoms with van der Waals surface area (Å²) in [5.41, 5.74) is -2.08. The highest BCUT2D eigenvalue weighted by Crippen LogP contribution is 2.16. The molecule has 5 nitrogen and oxygen atoms in total. The van der Waals surface area contributed by atoms with E-state index in [-0.39, 0.29) is 5.92 Å². The fourth-order valence-electron chi connectivity index (χ4n) is 2.23. The minimum Gasteiger partial charge on any atom is -0.381 e. The normalized spacial score (nSPS) is 20.1. The van der Waals surface area contributed by atoms with Crippen LogP contribution >= 0.6 is 0 Å². The average molecular weight is 292 g/mol. The van der Waals surface area contributed by atoms with Crippen LogP contribution in [-0.4, -0.2) is 28.5 Å². The van der Waals surface area contributed by atoms with Gasteiger partial charge in [0.15, 0.2) is 0 Å². The van der Waals surface area contributed by atoms with Crippen LogP contribution in [0.2, 0.25) is 0 Å². The van der Waals surface area contributed by atoms with E-state index in [9.17, 15) is 22.8 Å². The van der Waals surface area contributed by atoms with Gasteiger partial charge in [0.1, 0.15) is 6.54 Å². The summed E-state index contributed by atoms with van der Waals surface area (Å²) in [7, 11) is 0. The summed E-state index contributed by atoms with van der Waals surface area (Å²) < 4.78 is 43.5. The highest BCUT2D eigenvalue weighted by Gasteiger charge is 2.29. The summed E-state index contributed by atoms with van der Waals surface area (Å²) in [4.78, 5) is 23.4. The topological polar surface area (TPSA) is 53.2 Å². The second-order valence-electron chi connectivity index (χ2n) is 4.89. The summed E-state index contributed by atoms with van der Waals surface area (Å²) in [6.45, 7) is 0.0199. The lowest BCUT2D eigenvalue weighted by molar-refractivity contribution is -0.141. The van der Waals surface area contributed by atoms with E-state index in [4.69, 9.17) is 4.74 Å². The SMILES string of the molecule is O=c1c(=O)n(CC(F)(F)F)ccn1CC1CCCOC1. The lowest BCUT2D eigenvalue weighted by Gasteiger charge is -2.22. The minimum atomic E-state index is -4.53. The van der Waals surface area contributed by atoms with Crippen LogP contribution in [0.1, 0.15) is 12.8 Å². The van der Waals surface area contributed by atoms with E-state index in [1.165, 1.54) is 6.20 Å². The summed E-state index contributed by atoms with van der Waals surface area (Å²) in [6.07, 6.45) is -0.548. The second-order valence-corrected chi connectivity index (χ2v) is 4.89. The zero-order valence-electron chi connectivity index (χ0n) is 10.7. The molecule has 1 atom stereocenters. The molecule has 0 radical (unpaired) electrons. The molecule has 0 aliphatic carbocycles. The fourth-order valence-corrected chi connectivity index (χ4v) is 2.23. The number of hydrogen-bond acceptors (Lipinski definition) is 3. The van der Waals surface area contributed by atoms with Gasteiger partial charge in [0.25, 0.3) is 0 Å². The van der Waals surface area contributed by atoms with Gasteiger partial charge in [0, 0.05) is 31.5 Å². The van der Waals surface area contributed by atoms with E-state index >= 15 is 0 Å². The third kappa shape index (κ3) is 3.72. The smallest absolute Gasteiger partial charge is 0.381 e. The number of ether oxygens (including phenoxy) is 1. The molecular formula is C12H15F3N2O3. The zero-order chi connectivity index (χ0) is 14.8. The van der Waals surface area contributed by atoms with E-state index in [1.54, 1.807) is 0 Å². The van der Waals surface area contributed by atoms with Gasteiger partial charge in [-0.15, -0.1) is 0 Å². The van der Waals surface area contributed by atoms with Crippen molar-refractivity contribution in [1.29, 1.82) is 0 Å². The molecule has 20 heavy (non-hydrogen) atoms. The molecule has 8 heteroatoms. The Kier molecular flexibility index (Phi) is 4.32. The first-order valence-corrected chi connectivity index (χ1v) is 6.31. The molecule has 1 aliphatic heterocycles. The van der Waals surface area contributed by atoms with Gasteiger partial charge in [0.05, 0.1) is 6.61 Å². The predicted molar refractivity (Wildman–Crippen MR) is 64.6 cm³/mol. The maximum Gasteiger partial charge on any atom is 0.406 e. The van der Waals surface area contributed by atoms with E-state index in [1.807, 2.05) is 0 Å². The maximum atomic E-state index is 12.2. The molecule has 1 aromatic rings. The first kappa shape index (κ1) is 14.8. The molecule has 0 aromatic carbocycles. The second kappa shape index (κ2) is 5.82. The molecule has 2 heterocycles. The molecule has 112 valence electrons. The average Bonchev–Trinajstić information content (AvgIpc) is 2.38. The third-order valence-corrected chi connectivity index (χ3v) is 3.19. The Morgan fingerprint density at radius 3 is 2.45 bits per heavy atom. The standard InChI is InChI=1S/C12H15F3N2O3/c13-12(14,15)8-17-4-3-16(10(18)11(17)19)6-9-2-1-5-20-7-9/h3-4,9H,1-2,5-8H2. The van der Waals surface area contributed by atoms with Crippen molar-refractivity contribution in [2.45, 2.75) is 32.1 Å². The number of hydrogen-bond donors (Lipinski definition) is 0.